The molecule has 0 unspecified atom stereocenters. The number of aliphatic carboxylic acids is 1. The van der Waals surface area contributed by atoms with Crippen LogP contribution in [0.5, 0.6) is 0 Å². The van der Waals surface area contributed by atoms with Gasteiger partial charge in [-0.3, -0.25) is 9.59 Å². The Labute approximate surface area is 78.5 Å². The minimum Gasteiger partial charge on any atom is -0.475 e. The summed E-state index contributed by atoms with van der Waals surface area (Å²) in [6.07, 6.45) is -0.505. The van der Waals surface area contributed by atoms with E-state index in [1.807, 2.05) is 0 Å². The third-order valence-electron chi connectivity index (χ3n) is 0.648. The maximum atomic E-state index is 10.1. The second-order valence-electron chi connectivity index (χ2n) is 1.61. The first kappa shape index (κ1) is 22.5. The van der Waals surface area contributed by atoms with Crippen molar-refractivity contribution in [2.45, 2.75) is 13.3 Å². The van der Waals surface area contributed by atoms with Crippen LogP contribution >= 0.6 is 0 Å². The van der Waals surface area contributed by atoms with Gasteiger partial charge in [-0.1, -0.05) is 0 Å². The number of hydrogen-bond acceptors (Lipinski definition) is 3. The van der Waals surface area contributed by atoms with E-state index in [4.69, 9.17) is 5.11 Å². The van der Waals surface area contributed by atoms with E-state index in [9.17, 15) is 14.4 Å². The minimum atomic E-state index is -1.55. The molecule has 0 aromatic carbocycles. The van der Waals surface area contributed by atoms with Crippen molar-refractivity contribution in [3.05, 3.63) is 0 Å². The summed E-state index contributed by atoms with van der Waals surface area (Å²) >= 11 is 0. The van der Waals surface area contributed by atoms with Gasteiger partial charge in [0.05, 0.1) is 6.42 Å². The first-order valence-corrected chi connectivity index (χ1v) is 2.29. The fraction of sp³-hybridized carbons (Fsp3) is 0.400. The smallest absolute Gasteiger partial charge is 0.372 e. The average Bonchev–Trinajstić information content (AvgIpc) is 1.63. The van der Waals surface area contributed by atoms with Gasteiger partial charge in [0.25, 0.3) is 0 Å². The number of carboxylic acid groups (broad SMARTS) is 1. The zero-order valence-electron chi connectivity index (χ0n) is 6.20. The second kappa shape index (κ2) is 10.2. The number of hydrogen-bond donors (Lipinski definition) is 1. The van der Waals surface area contributed by atoms with Crippen molar-refractivity contribution in [3.8, 4) is 0 Å². The molecule has 0 saturated heterocycles. The fourth-order valence-corrected chi connectivity index (χ4v) is 0.302. The van der Waals surface area contributed by atoms with E-state index in [1.54, 1.807) is 0 Å². The summed E-state index contributed by atoms with van der Waals surface area (Å²) in [6, 6.07) is 0. The Morgan fingerprint density at radius 2 is 1.50 bits per heavy atom. The Hall–Kier alpha value is -0.776. The first-order valence-electron chi connectivity index (χ1n) is 2.29. The Morgan fingerprint density at radius 3 is 1.58 bits per heavy atom. The van der Waals surface area contributed by atoms with Crippen molar-refractivity contribution in [2.24, 2.45) is 0 Å². The van der Waals surface area contributed by atoms with Crippen molar-refractivity contribution >= 4 is 17.5 Å². The van der Waals surface area contributed by atoms with Crippen molar-refractivity contribution in [1.82, 2.24) is 0 Å². The topological polar surface area (TPSA) is 134 Å². The van der Waals surface area contributed by atoms with Crippen LogP contribution in [-0.2, 0) is 30.9 Å². The molecule has 5 N–H and O–H groups in total. The van der Waals surface area contributed by atoms with Gasteiger partial charge in [-0.25, -0.2) is 4.79 Å². The molecule has 0 rings (SSSR count). The van der Waals surface area contributed by atoms with Crippen LogP contribution in [0, 0.1) is 0 Å². The van der Waals surface area contributed by atoms with Crippen LogP contribution in [0.3, 0.4) is 0 Å². The Morgan fingerprint density at radius 1 is 1.17 bits per heavy atom. The molecule has 0 fully saturated rings. The molecule has 6 nitrogen and oxygen atoms in total. The molecule has 0 bridgehead atoms. The predicted molar refractivity (Wildman–Crippen MR) is 35.2 cm³/mol. The van der Waals surface area contributed by atoms with Crippen molar-refractivity contribution in [1.29, 1.82) is 0 Å². The summed E-state index contributed by atoms with van der Waals surface area (Å²) < 4.78 is 0. The molecule has 0 saturated carbocycles. The summed E-state index contributed by atoms with van der Waals surface area (Å²) in [4.78, 5) is 29.9. The maximum absolute atomic E-state index is 10.1. The second-order valence-corrected chi connectivity index (χ2v) is 1.61. The van der Waals surface area contributed by atoms with Crippen LogP contribution in [0.15, 0.2) is 0 Å². The Balaban J connectivity index is -0.000000107. The molecule has 0 aliphatic rings. The molecule has 12 heavy (non-hydrogen) atoms. The molecule has 0 atom stereocenters. The third kappa shape index (κ3) is 12.0. The van der Waals surface area contributed by atoms with Crippen LogP contribution in [0.2, 0.25) is 0 Å². The molecular weight excluding hydrogens is 215 g/mol. The fourth-order valence-electron chi connectivity index (χ4n) is 0.302. The summed E-state index contributed by atoms with van der Waals surface area (Å²) in [5.74, 6) is -3.03. The van der Waals surface area contributed by atoms with Gasteiger partial charge >= 0.3 is 5.97 Å². The standard InChI is InChI=1S/C5H6O4.Ni.2H2O/c1-3(6)2-4(7)5(8)9;;;/h2H2,1H3,(H,8,9);;2*1H2. The molecule has 0 heterocycles. The van der Waals surface area contributed by atoms with Crippen molar-refractivity contribution in [2.75, 3.05) is 0 Å². The summed E-state index contributed by atoms with van der Waals surface area (Å²) in [6.45, 7) is 1.17. The van der Waals surface area contributed by atoms with Gasteiger partial charge in [0.1, 0.15) is 5.78 Å². The van der Waals surface area contributed by atoms with Gasteiger partial charge in [0.15, 0.2) is 0 Å². The van der Waals surface area contributed by atoms with Crippen LogP contribution in [0.1, 0.15) is 13.3 Å². The first-order chi connectivity index (χ1) is 4.04. The van der Waals surface area contributed by atoms with Crippen LogP contribution in [-0.4, -0.2) is 33.6 Å². The van der Waals surface area contributed by atoms with Gasteiger partial charge in [0.2, 0.25) is 5.78 Å². The van der Waals surface area contributed by atoms with E-state index in [1.165, 1.54) is 6.92 Å². The average molecular weight is 225 g/mol. The molecular formula is C5H10NiO6. The monoisotopic (exact) mass is 224 g/mol. The van der Waals surface area contributed by atoms with Crippen LogP contribution < -0.4 is 0 Å². The van der Waals surface area contributed by atoms with Gasteiger partial charge in [-0.2, -0.15) is 0 Å². The summed E-state index contributed by atoms with van der Waals surface area (Å²) in [7, 11) is 0. The summed E-state index contributed by atoms with van der Waals surface area (Å²) in [5.41, 5.74) is 0. The minimum absolute atomic E-state index is 0. The van der Waals surface area contributed by atoms with Crippen molar-refractivity contribution < 1.29 is 46.9 Å². The van der Waals surface area contributed by atoms with E-state index in [0.717, 1.165) is 0 Å². The number of carboxylic acids is 1. The molecule has 0 radical (unpaired) electrons. The zero-order valence-corrected chi connectivity index (χ0v) is 7.18. The molecule has 0 aromatic rings. The van der Waals surface area contributed by atoms with Gasteiger partial charge < -0.3 is 16.1 Å². The number of carbonyl (C=O) groups excluding carboxylic acids is 2. The SMILES string of the molecule is CC(=O)CC(=O)C(=O)O.O.O.[Ni]. The zero-order chi connectivity index (χ0) is 7.44. The van der Waals surface area contributed by atoms with E-state index >= 15 is 0 Å². The Kier molecular flexibility index (Phi) is 19.2. The number of carbonyl (C=O) groups is 3. The quantitative estimate of drug-likeness (QED) is 0.336. The van der Waals surface area contributed by atoms with Crippen molar-refractivity contribution in [3.63, 3.8) is 0 Å². The number of rotatable bonds is 3. The molecule has 0 spiro atoms. The van der Waals surface area contributed by atoms with E-state index in [2.05, 4.69) is 0 Å². The van der Waals surface area contributed by atoms with Gasteiger partial charge in [-0.05, 0) is 6.92 Å². The van der Waals surface area contributed by atoms with Crippen LogP contribution in [0.25, 0.3) is 0 Å². The van der Waals surface area contributed by atoms with Gasteiger partial charge in [0, 0.05) is 16.5 Å². The molecule has 0 amide bonds. The molecule has 7 heteroatoms. The van der Waals surface area contributed by atoms with Gasteiger partial charge in [-0.15, -0.1) is 0 Å². The van der Waals surface area contributed by atoms with E-state index < -0.39 is 24.0 Å². The Bertz CT molecular complexity index is 165. The number of ketones is 2. The van der Waals surface area contributed by atoms with E-state index in [-0.39, 0.29) is 27.4 Å². The maximum Gasteiger partial charge on any atom is 0.372 e. The number of Topliss-reactive ketones (excluding diaryl/α,β-unsaturated/α-hetero) is 2. The third-order valence-corrected chi connectivity index (χ3v) is 0.648. The largest absolute Gasteiger partial charge is 0.475 e. The summed E-state index contributed by atoms with van der Waals surface area (Å²) in [5, 5.41) is 7.93. The van der Waals surface area contributed by atoms with Crippen LogP contribution in [0.4, 0.5) is 0 Å². The predicted octanol–water partition coefficient (Wildman–Crippen LogP) is -2.03. The normalized spacial score (nSPS) is 6.42. The molecule has 0 aliphatic carbocycles. The molecule has 0 aromatic heterocycles. The molecule has 76 valence electrons. The molecule has 0 aliphatic heterocycles. The van der Waals surface area contributed by atoms with E-state index in [0.29, 0.717) is 0 Å².